The minimum Gasteiger partial charge on any atom is -0.450 e. The summed E-state index contributed by atoms with van der Waals surface area (Å²) in [7, 11) is -3.69. The maximum atomic E-state index is 12.7. The molecule has 142 valence electrons. The zero-order valence-corrected chi connectivity index (χ0v) is 15.4. The lowest BCUT2D eigenvalue weighted by Gasteiger charge is -2.33. The fourth-order valence-corrected chi connectivity index (χ4v) is 3.79. The number of amides is 1. The molecule has 1 aromatic rings. The van der Waals surface area contributed by atoms with Gasteiger partial charge in [0.15, 0.2) is 0 Å². The van der Waals surface area contributed by atoms with Gasteiger partial charge in [-0.05, 0) is 31.2 Å². The predicted molar refractivity (Wildman–Crippen MR) is 96.1 cm³/mol. The highest BCUT2D eigenvalue weighted by Crippen LogP contribution is 2.20. The van der Waals surface area contributed by atoms with Gasteiger partial charge in [-0.15, -0.1) is 0 Å². The highest BCUT2D eigenvalue weighted by Gasteiger charge is 2.30. The molecule has 1 heterocycles. The van der Waals surface area contributed by atoms with Crippen molar-refractivity contribution in [3.63, 3.8) is 0 Å². The molecule has 0 aromatic heterocycles. The predicted octanol–water partition coefficient (Wildman–Crippen LogP) is 0.964. The highest BCUT2D eigenvalue weighted by atomic mass is 32.2. The van der Waals surface area contributed by atoms with Crippen LogP contribution in [0.5, 0.6) is 0 Å². The average Bonchev–Trinajstić information content (AvgIpc) is 2.69. The van der Waals surface area contributed by atoms with Crippen LogP contribution in [0, 0.1) is 22.7 Å². The summed E-state index contributed by atoms with van der Waals surface area (Å²) in [6.07, 6.45) is -0.445. The molecule has 1 fully saturated rings. The van der Waals surface area contributed by atoms with E-state index in [4.69, 9.17) is 15.3 Å². The van der Waals surface area contributed by atoms with Gasteiger partial charge in [0, 0.05) is 26.2 Å². The van der Waals surface area contributed by atoms with E-state index in [9.17, 15) is 13.2 Å². The molecular formula is C16H18N6O4S. The summed E-state index contributed by atoms with van der Waals surface area (Å²) in [5, 5.41) is 20.8. The van der Waals surface area contributed by atoms with E-state index in [2.05, 4.69) is 10.5 Å². The Morgan fingerprint density at radius 2 is 1.78 bits per heavy atom. The summed E-state index contributed by atoms with van der Waals surface area (Å²) in [5.41, 5.74) is 2.60. The maximum Gasteiger partial charge on any atom is 0.409 e. The van der Waals surface area contributed by atoms with E-state index in [0.717, 1.165) is 0 Å². The molecule has 1 saturated heterocycles. The first-order chi connectivity index (χ1) is 12.9. The standard InChI is InChI=1S/C16H18N6O4S/c1-2-26-16(23)21-7-9-22(10-8-21)27(24,25)15-5-3-13(4-6-15)19-20-14(11-17)12-18/h3-6,19H,2,7-10H2,1H3. The van der Waals surface area contributed by atoms with Crippen LogP contribution in [-0.4, -0.2) is 62.2 Å². The third kappa shape index (κ3) is 4.94. The molecule has 0 spiro atoms. The molecule has 0 saturated carbocycles. The second-order valence-electron chi connectivity index (χ2n) is 5.41. The van der Waals surface area contributed by atoms with Crippen molar-refractivity contribution < 1.29 is 17.9 Å². The monoisotopic (exact) mass is 390 g/mol. The number of benzene rings is 1. The number of sulfonamides is 1. The van der Waals surface area contributed by atoms with Gasteiger partial charge in [0.1, 0.15) is 12.1 Å². The normalized spacial score (nSPS) is 14.6. The molecule has 0 unspecified atom stereocenters. The van der Waals surface area contributed by atoms with Gasteiger partial charge >= 0.3 is 6.09 Å². The third-order valence-corrected chi connectivity index (χ3v) is 5.68. The molecule has 1 amide bonds. The van der Waals surface area contributed by atoms with E-state index in [1.807, 2.05) is 0 Å². The van der Waals surface area contributed by atoms with Gasteiger partial charge in [0.25, 0.3) is 0 Å². The van der Waals surface area contributed by atoms with Gasteiger partial charge in [-0.3, -0.25) is 5.43 Å². The van der Waals surface area contributed by atoms with E-state index in [0.29, 0.717) is 5.69 Å². The SMILES string of the molecule is CCOC(=O)N1CCN(S(=O)(=O)c2ccc(NN=C(C#N)C#N)cc2)CC1. The van der Waals surface area contributed by atoms with Crippen LogP contribution in [0.2, 0.25) is 0 Å². The van der Waals surface area contributed by atoms with Crippen molar-refractivity contribution in [1.82, 2.24) is 9.21 Å². The second kappa shape index (κ2) is 8.98. The van der Waals surface area contributed by atoms with Gasteiger partial charge in [0.2, 0.25) is 15.7 Å². The van der Waals surface area contributed by atoms with Crippen LogP contribution in [0.1, 0.15) is 6.92 Å². The van der Waals surface area contributed by atoms with Crippen molar-refractivity contribution in [2.24, 2.45) is 5.10 Å². The van der Waals surface area contributed by atoms with Crippen molar-refractivity contribution in [3.8, 4) is 12.1 Å². The first-order valence-corrected chi connectivity index (χ1v) is 9.52. The molecule has 1 aliphatic heterocycles. The minimum absolute atomic E-state index is 0.0994. The summed E-state index contributed by atoms with van der Waals surface area (Å²) in [5.74, 6) is 0. The number of ether oxygens (including phenoxy) is 1. The lowest BCUT2D eigenvalue weighted by Crippen LogP contribution is -2.50. The minimum atomic E-state index is -3.69. The second-order valence-corrected chi connectivity index (χ2v) is 7.35. The van der Waals surface area contributed by atoms with Crippen molar-refractivity contribution in [1.29, 1.82) is 10.5 Å². The molecule has 0 radical (unpaired) electrons. The van der Waals surface area contributed by atoms with E-state index in [1.165, 1.54) is 33.5 Å². The highest BCUT2D eigenvalue weighted by molar-refractivity contribution is 7.89. The molecule has 0 bridgehead atoms. The molecular weight excluding hydrogens is 372 g/mol. The number of hydrazone groups is 1. The van der Waals surface area contributed by atoms with E-state index < -0.39 is 16.1 Å². The molecule has 1 N–H and O–H groups in total. The van der Waals surface area contributed by atoms with Gasteiger partial charge in [0.05, 0.1) is 17.2 Å². The largest absolute Gasteiger partial charge is 0.450 e. The van der Waals surface area contributed by atoms with Crippen LogP contribution < -0.4 is 5.43 Å². The van der Waals surface area contributed by atoms with E-state index >= 15 is 0 Å². The molecule has 1 aliphatic rings. The van der Waals surface area contributed by atoms with Crippen molar-refractivity contribution in [3.05, 3.63) is 24.3 Å². The molecule has 1 aromatic carbocycles. The van der Waals surface area contributed by atoms with Crippen LogP contribution >= 0.6 is 0 Å². The van der Waals surface area contributed by atoms with E-state index in [1.54, 1.807) is 19.1 Å². The van der Waals surface area contributed by atoms with Crippen LogP contribution in [0.15, 0.2) is 34.3 Å². The van der Waals surface area contributed by atoms with Crippen molar-refractivity contribution in [2.75, 3.05) is 38.2 Å². The number of nitriles is 2. The number of carbonyl (C=O) groups excluding carboxylic acids is 1. The lowest BCUT2D eigenvalue weighted by molar-refractivity contribution is 0.0934. The Hall–Kier alpha value is -3.15. The number of hydrogen-bond donors (Lipinski definition) is 1. The quantitative estimate of drug-likeness (QED) is 0.583. The number of anilines is 1. The number of nitrogens with zero attached hydrogens (tertiary/aromatic N) is 5. The zero-order chi connectivity index (χ0) is 19.9. The van der Waals surface area contributed by atoms with Crippen LogP contribution in [0.3, 0.4) is 0 Å². The molecule has 11 heteroatoms. The van der Waals surface area contributed by atoms with Crippen LogP contribution in [0.25, 0.3) is 0 Å². The van der Waals surface area contributed by atoms with Crippen LogP contribution in [0.4, 0.5) is 10.5 Å². The summed E-state index contributed by atoms with van der Waals surface area (Å²) in [4.78, 5) is 13.3. The lowest BCUT2D eigenvalue weighted by atomic mass is 10.3. The number of carbonyl (C=O) groups is 1. The van der Waals surface area contributed by atoms with E-state index in [-0.39, 0.29) is 43.4 Å². The molecule has 0 atom stereocenters. The van der Waals surface area contributed by atoms with Crippen molar-refractivity contribution in [2.45, 2.75) is 11.8 Å². The van der Waals surface area contributed by atoms with Gasteiger partial charge in [-0.25, -0.2) is 13.2 Å². The fourth-order valence-electron chi connectivity index (χ4n) is 2.37. The Kier molecular flexibility index (Phi) is 6.71. The number of rotatable bonds is 5. The Morgan fingerprint density at radius 3 is 2.30 bits per heavy atom. The van der Waals surface area contributed by atoms with Crippen LogP contribution in [-0.2, 0) is 14.8 Å². The number of hydrogen-bond acceptors (Lipinski definition) is 8. The average molecular weight is 390 g/mol. The Balaban J connectivity index is 2.03. The Morgan fingerprint density at radius 1 is 1.19 bits per heavy atom. The molecule has 27 heavy (non-hydrogen) atoms. The van der Waals surface area contributed by atoms with Gasteiger partial charge in [-0.2, -0.15) is 19.9 Å². The van der Waals surface area contributed by atoms with Gasteiger partial charge < -0.3 is 9.64 Å². The summed E-state index contributed by atoms with van der Waals surface area (Å²) < 4.78 is 31.7. The Bertz CT molecular complexity index is 874. The first kappa shape index (κ1) is 20.2. The summed E-state index contributed by atoms with van der Waals surface area (Å²) in [6, 6.07) is 8.99. The zero-order valence-electron chi connectivity index (χ0n) is 14.6. The summed E-state index contributed by atoms with van der Waals surface area (Å²) in [6.45, 7) is 2.86. The third-order valence-electron chi connectivity index (χ3n) is 3.77. The number of nitrogens with one attached hydrogen (secondary N) is 1. The fraction of sp³-hybridized carbons (Fsp3) is 0.375. The van der Waals surface area contributed by atoms with Gasteiger partial charge in [-0.1, -0.05) is 0 Å². The first-order valence-electron chi connectivity index (χ1n) is 8.08. The Labute approximate surface area is 157 Å². The topological polar surface area (TPSA) is 139 Å². The molecule has 10 nitrogen and oxygen atoms in total. The van der Waals surface area contributed by atoms with Crippen molar-refractivity contribution >= 4 is 27.5 Å². The maximum absolute atomic E-state index is 12.7. The smallest absolute Gasteiger partial charge is 0.409 e. The molecule has 0 aliphatic carbocycles. The molecule has 2 rings (SSSR count). The number of piperazine rings is 1. The summed E-state index contributed by atoms with van der Waals surface area (Å²) >= 11 is 0.